The van der Waals surface area contributed by atoms with Crippen LogP contribution in [0.3, 0.4) is 0 Å². The molecule has 2 aliphatic rings. The van der Waals surface area contributed by atoms with Crippen LogP contribution >= 0.6 is 0 Å². The van der Waals surface area contributed by atoms with Crippen molar-refractivity contribution in [2.45, 2.75) is 0 Å². The summed E-state index contributed by atoms with van der Waals surface area (Å²) in [5.41, 5.74) is 0.407. The number of carbonyl (C=O) groups is 1. The number of aliphatic carboxylic acids is 1. The van der Waals surface area contributed by atoms with Crippen molar-refractivity contribution < 1.29 is 14.6 Å². The van der Waals surface area contributed by atoms with E-state index in [-0.39, 0.29) is 5.71 Å². The van der Waals surface area contributed by atoms with Crippen molar-refractivity contribution in [2.75, 3.05) is 0 Å². The van der Waals surface area contributed by atoms with Gasteiger partial charge in [0, 0.05) is 18.6 Å². The Hall–Kier alpha value is -2.04. The Labute approximate surface area is 73.9 Å². The molecule has 66 valence electrons. The van der Waals surface area contributed by atoms with Gasteiger partial charge in [0.05, 0.1) is 0 Å². The van der Waals surface area contributed by atoms with Crippen molar-refractivity contribution in [3.05, 3.63) is 36.8 Å². The van der Waals surface area contributed by atoms with Gasteiger partial charge in [-0.1, -0.05) is 0 Å². The molecule has 1 N–H and O–H groups in total. The smallest absolute Gasteiger partial charge is 0.356 e. The van der Waals surface area contributed by atoms with E-state index in [1.807, 2.05) is 0 Å². The zero-order valence-electron chi connectivity index (χ0n) is 6.54. The van der Waals surface area contributed by atoms with E-state index in [4.69, 9.17) is 9.84 Å². The lowest BCUT2D eigenvalue weighted by atomic mass is 10.2. The topological polar surface area (TPSA) is 62.1 Å². The summed E-state index contributed by atoms with van der Waals surface area (Å²) in [6.45, 7) is 0. The number of aliphatic imine (C=N–C) groups is 1. The van der Waals surface area contributed by atoms with Crippen LogP contribution in [0.15, 0.2) is 41.8 Å². The summed E-state index contributed by atoms with van der Waals surface area (Å²) in [4.78, 5) is 16.0. The van der Waals surface area contributed by atoms with Gasteiger partial charge in [0.2, 0.25) is 0 Å². The van der Waals surface area contributed by atoms with Gasteiger partial charge < -0.3 is 14.7 Å². The molecule has 2 rings (SSSR count). The predicted molar refractivity (Wildman–Crippen MR) is 44.4 cm³/mol. The number of hydrogen-bond acceptors (Lipinski definition) is 4. The second kappa shape index (κ2) is 2.78. The third kappa shape index (κ3) is 1.20. The van der Waals surface area contributed by atoms with E-state index >= 15 is 0 Å². The molecule has 0 atom stereocenters. The molecule has 0 amide bonds. The minimum atomic E-state index is -1.07. The summed E-state index contributed by atoms with van der Waals surface area (Å²) in [6, 6.07) is 0. The lowest BCUT2D eigenvalue weighted by Gasteiger charge is -2.23. The zero-order valence-corrected chi connectivity index (χ0v) is 6.54. The van der Waals surface area contributed by atoms with Crippen LogP contribution < -0.4 is 0 Å². The van der Waals surface area contributed by atoms with Crippen LogP contribution in [0.4, 0.5) is 0 Å². The zero-order chi connectivity index (χ0) is 9.26. The first-order chi connectivity index (χ1) is 6.29. The largest absolute Gasteiger partial charge is 0.476 e. The molecule has 5 heteroatoms. The van der Waals surface area contributed by atoms with Crippen LogP contribution in [-0.2, 0) is 9.53 Å². The number of hydrogen-bond donors (Lipinski definition) is 1. The quantitative estimate of drug-likeness (QED) is 0.640. The average molecular weight is 178 g/mol. The maximum atomic E-state index is 10.7. The van der Waals surface area contributed by atoms with E-state index in [0.717, 1.165) is 0 Å². The van der Waals surface area contributed by atoms with E-state index < -0.39 is 5.97 Å². The van der Waals surface area contributed by atoms with Crippen LogP contribution in [0, 0.1) is 0 Å². The lowest BCUT2D eigenvalue weighted by Crippen LogP contribution is -2.28. The van der Waals surface area contributed by atoms with Gasteiger partial charge in [0.15, 0.2) is 5.71 Å². The Morgan fingerprint density at radius 3 is 3.15 bits per heavy atom. The molecule has 5 nitrogen and oxygen atoms in total. The fraction of sp³-hybridized carbons (Fsp3) is 0. The van der Waals surface area contributed by atoms with E-state index in [0.29, 0.717) is 5.70 Å². The molecule has 0 saturated heterocycles. The molecule has 0 fully saturated rings. The highest BCUT2D eigenvalue weighted by molar-refractivity contribution is 6.42. The highest BCUT2D eigenvalue weighted by atomic mass is 16.5. The van der Waals surface area contributed by atoms with Crippen molar-refractivity contribution in [3.63, 3.8) is 0 Å². The summed E-state index contributed by atoms with van der Waals surface area (Å²) >= 11 is 0. The Morgan fingerprint density at radius 2 is 2.38 bits per heavy atom. The fourth-order valence-electron chi connectivity index (χ4n) is 1.06. The maximum absolute atomic E-state index is 10.7. The Balaban J connectivity index is 2.39. The normalized spacial score (nSPS) is 18.6. The highest BCUT2D eigenvalue weighted by Gasteiger charge is 2.23. The average Bonchev–Trinajstić information content (AvgIpc) is 2.17. The molecule has 13 heavy (non-hydrogen) atoms. The molecule has 0 aromatic rings. The third-order valence-electron chi connectivity index (χ3n) is 1.63. The SMILES string of the molecule is O=C(O)C1=NC=CN2C=COC=C12. The van der Waals surface area contributed by atoms with Crippen LogP contribution in [0.2, 0.25) is 0 Å². The minimum absolute atomic E-state index is 0.0214. The molecule has 0 saturated carbocycles. The molecule has 0 bridgehead atoms. The highest BCUT2D eigenvalue weighted by Crippen LogP contribution is 2.17. The molecule has 0 radical (unpaired) electrons. The first kappa shape index (κ1) is 7.60. The van der Waals surface area contributed by atoms with Gasteiger partial charge in [0.25, 0.3) is 0 Å². The van der Waals surface area contributed by atoms with Gasteiger partial charge in [-0.15, -0.1) is 0 Å². The van der Waals surface area contributed by atoms with Gasteiger partial charge >= 0.3 is 5.97 Å². The Kier molecular flexibility index (Phi) is 1.63. The molecule has 0 spiro atoms. The van der Waals surface area contributed by atoms with E-state index in [1.54, 1.807) is 17.3 Å². The molecule has 2 aliphatic heterocycles. The predicted octanol–water partition coefficient (Wildman–Crippen LogP) is 0.642. The number of carboxylic acids is 1. The van der Waals surface area contributed by atoms with Gasteiger partial charge in [-0.2, -0.15) is 0 Å². The van der Waals surface area contributed by atoms with Crippen LogP contribution in [-0.4, -0.2) is 21.7 Å². The molecule has 0 aromatic carbocycles. The fourth-order valence-corrected chi connectivity index (χ4v) is 1.06. The summed E-state index contributed by atoms with van der Waals surface area (Å²) in [5.74, 6) is -1.07. The molecule has 0 aliphatic carbocycles. The van der Waals surface area contributed by atoms with Gasteiger partial charge in [-0.3, -0.25) is 0 Å². The van der Waals surface area contributed by atoms with E-state index in [1.165, 1.54) is 18.7 Å². The standard InChI is InChI=1S/C8H6N2O3/c11-8(12)7-6-5-13-4-3-10(6)2-1-9-7/h1-5H,(H,11,12). The van der Waals surface area contributed by atoms with Crippen molar-refractivity contribution in [1.29, 1.82) is 0 Å². The van der Waals surface area contributed by atoms with Gasteiger partial charge in [-0.25, -0.2) is 9.79 Å². The molecule has 2 heterocycles. The Bertz CT molecular complexity index is 366. The van der Waals surface area contributed by atoms with E-state index in [9.17, 15) is 4.79 Å². The van der Waals surface area contributed by atoms with Crippen molar-refractivity contribution in [3.8, 4) is 0 Å². The number of rotatable bonds is 1. The van der Waals surface area contributed by atoms with Crippen molar-refractivity contribution in [2.24, 2.45) is 4.99 Å². The number of fused-ring (bicyclic) bond motifs is 1. The second-order valence-electron chi connectivity index (χ2n) is 2.41. The summed E-state index contributed by atoms with van der Waals surface area (Å²) < 4.78 is 4.86. The molecule has 0 aromatic heterocycles. The second-order valence-corrected chi connectivity index (χ2v) is 2.41. The summed E-state index contributed by atoms with van der Waals surface area (Å²) in [7, 11) is 0. The van der Waals surface area contributed by atoms with Crippen LogP contribution in [0.5, 0.6) is 0 Å². The van der Waals surface area contributed by atoms with Crippen molar-refractivity contribution in [1.82, 2.24) is 4.90 Å². The van der Waals surface area contributed by atoms with Gasteiger partial charge in [0.1, 0.15) is 18.2 Å². The van der Waals surface area contributed by atoms with E-state index in [2.05, 4.69) is 4.99 Å². The number of nitrogens with zero attached hydrogens (tertiary/aromatic N) is 2. The monoisotopic (exact) mass is 178 g/mol. The minimum Gasteiger partial charge on any atom is -0.476 e. The van der Waals surface area contributed by atoms with Gasteiger partial charge in [-0.05, 0) is 0 Å². The first-order valence-electron chi connectivity index (χ1n) is 3.58. The third-order valence-corrected chi connectivity index (χ3v) is 1.63. The molecular weight excluding hydrogens is 172 g/mol. The summed E-state index contributed by atoms with van der Waals surface area (Å²) in [5, 5.41) is 8.77. The summed E-state index contributed by atoms with van der Waals surface area (Å²) in [6.07, 6.45) is 7.49. The van der Waals surface area contributed by atoms with Crippen molar-refractivity contribution >= 4 is 11.7 Å². The number of carboxylic acid groups (broad SMARTS) is 1. The van der Waals surface area contributed by atoms with Crippen LogP contribution in [0.1, 0.15) is 0 Å². The Morgan fingerprint density at radius 1 is 1.54 bits per heavy atom. The lowest BCUT2D eigenvalue weighted by molar-refractivity contribution is -0.129. The molecular formula is C8H6N2O3. The first-order valence-corrected chi connectivity index (χ1v) is 3.58. The maximum Gasteiger partial charge on any atom is 0.356 e. The molecule has 0 unspecified atom stereocenters. The number of ether oxygens (including phenoxy) is 1. The van der Waals surface area contributed by atoms with Crippen LogP contribution in [0.25, 0.3) is 0 Å².